The minimum Gasteiger partial charge on any atom is -0.466 e. The Balaban J connectivity index is 3.38. The maximum Gasteiger partial charge on any atom is 0.305 e. The highest BCUT2D eigenvalue weighted by Gasteiger charge is 2.20. The van der Waals surface area contributed by atoms with E-state index in [1.807, 2.05) is 20.8 Å². The smallest absolute Gasteiger partial charge is 0.305 e. The van der Waals surface area contributed by atoms with Crippen LogP contribution in [0.15, 0.2) is 0 Å². The third-order valence-corrected chi connectivity index (χ3v) is 3.31. The summed E-state index contributed by atoms with van der Waals surface area (Å²) in [6, 6.07) is 0. The Bertz CT molecular complexity index is 215. The molecule has 0 saturated carbocycles. The van der Waals surface area contributed by atoms with Crippen LogP contribution in [-0.4, -0.2) is 36.4 Å². The van der Waals surface area contributed by atoms with Gasteiger partial charge in [-0.1, -0.05) is 20.3 Å². The molecule has 4 heteroatoms. The summed E-state index contributed by atoms with van der Waals surface area (Å²) in [6.07, 6.45) is 5.00. The Labute approximate surface area is 111 Å². The molecule has 0 unspecified atom stereocenters. The minimum atomic E-state index is -0.565. The van der Waals surface area contributed by atoms with Crippen LogP contribution in [0.4, 0.5) is 0 Å². The zero-order valence-corrected chi connectivity index (χ0v) is 12.1. The van der Waals surface area contributed by atoms with Gasteiger partial charge >= 0.3 is 5.97 Å². The van der Waals surface area contributed by atoms with Crippen molar-refractivity contribution in [2.45, 2.75) is 64.9 Å². The summed E-state index contributed by atoms with van der Waals surface area (Å²) in [6.45, 7) is 7.84. The van der Waals surface area contributed by atoms with Crippen LogP contribution in [-0.2, 0) is 9.53 Å². The van der Waals surface area contributed by atoms with Gasteiger partial charge in [0.2, 0.25) is 0 Å². The molecule has 0 aliphatic carbocycles. The average molecular weight is 259 g/mol. The number of rotatable bonds is 11. The Morgan fingerprint density at radius 2 is 1.83 bits per heavy atom. The second kappa shape index (κ2) is 10.3. The topological polar surface area (TPSA) is 58.6 Å². The first-order chi connectivity index (χ1) is 8.58. The van der Waals surface area contributed by atoms with E-state index in [4.69, 9.17) is 4.74 Å². The summed E-state index contributed by atoms with van der Waals surface area (Å²) in [5, 5.41) is 13.3. The molecule has 0 aliphatic rings. The lowest BCUT2D eigenvalue weighted by Gasteiger charge is -2.25. The molecule has 0 amide bonds. The fourth-order valence-corrected chi connectivity index (χ4v) is 1.75. The van der Waals surface area contributed by atoms with Crippen LogP contribution < -0.4 is 5.32 Å². The molecular weight excluding hydrogens is 230 g/mol. The zero-order valence-electron chi connectivity index (χ0n) is 12.1. The predicted molar refractivity (Wildman–Crippen MR) is 73.5 cm³/mol. The number of ether oxygens (including phenoxy) is 1. The van der Waals surface area contributed by atoms with Gasteiger partial charge in [0, 0.05) is 13.0 Å². The molecule has 0 spiro atoms. The number of esters is 1. The van der Waals surface area contributed by atoms with Crippen LogP contribution in [0, 0.1) is 0 Å². The number of hydrogen-bond donors (Lipinski definition) is 2. The number of nitrogens with one attached hydrogen (secondary N) is 1. The van der Waals surface area contributed by atoms with Gasteiger partial charge in [0.25, 0.3) is 0 Å². The highest BCUT2D eigenvalue weighted by molar-refractivity contribution is 5.69. The van der Waals surface area contributed by atoms with Crippen LogP contribution in [0.3, 0.4) is 0 Å². The fraction of sp³-hybridized carbons (Fsp3) is 0.929. The molecule has 4 nitrogen and oxygen atoms in total. The second-order valence-corrected chi connectivity index (χ2v) is 4.72. The van der Waals surface area contributed by atoms with Gasteiger partial charge in [-0.15, -0.1) is 0 Å². The van der Waals surface area contributed by atoms with Gasteiger partial charge in [-0.25, -0.2) is 0 Å². The van der Waals surface area contributed by atoms with Crippen molar-refractivity contribution in [2.24, 2.45) is 0 Å². The van der Waals surface area contributed by atoms with E-state index in [1.54, 1.807) is 0 Å². The molecule has 0 aliphatic heterocycles. The van der Waals surface area contributed by atoms with E-state index in [-0.39, 0.29) is 5.97 Å². The highest BCUT2D eigenvalue weighted by Crippen LogP contribution is 2.12. The Hall–Kier alpha value is -0.610. The van der Waals surface area contributed by atoms with Crippen molar-refractivity contribution in [3.05, 3.63) is 0 Å². The van der Waals surface area contributed by atoms with Gasteiger partial charge in [-0.05, 0) is 39.2 Å². The molecule has 0 radical (unpaired) electrons. The molecule has 0 aromatic rings. The highest BCUT2D eigenvalue weighted by atomic mass is 16.5. The van der Waals surface area contributed by atoms with Crippen LogP contribution in [0.25, 0.3) is 0 Å². The summed E-state index contributed by atoms with van der Waals surface area (Å²) >= 11 is 0. The SMILES string of the molecule is CCOC(=O)CCCCCNCC(O)(CC)CC. The molecule has 0 heterocycles. The normalized spacial score (nSPS) is 11.6. The van der Waals surface area contributed by atoms with E-state index in [2.05, 4.69) is 5.32 Å². The number of unbranched alkanes of at least 4 members (excludes halogenated alkanes) is 2. The van der Waals surface area contributed by atoms with Crippen molar-refractivity contribution in [1.82, 2.24) is 5.32 Å². The van der Waals surface area contributed by atoms with Gasteiger partial charge in [0.15, 0.2) is 0 Å². The maximum absolute atomic E-state index is 11.1. The van der Waals surface area contributed by atoms with E-state index >= 15 is 0 Å². The molecule has 2 N–H and O–H groups in total. The number of hydrogen-bond acceptors (Lipinski definition) is 4. The number of carbonyl (C=O) groups excluding carboxylic acids is 1. The van der Waals surface area contributed by atoms with Crippen molar-refractivity contribution in [2.75, 3.05) is 19.7 Å². The van der Waals surface area contributed by atoms with E-state index in [0.29, 0.717) is 19.6 Å². The van der Waals surface area contributed by atoms with Crippen LogP contribution in [0.2, 0.25) is 0 Å². The van der Waals surface area contributed by atoms with Gasteiger partial charge in [0.1, 0.15) is 0 Å². The predicted octanol–water partition coefficient (Wildman–Crippen LogP) is 2.25. The third-order valence-electron chi connectivity index (χ3n) is 3.31. The van der Waals surface area contributed by atoms with Crippen molar-refractivity contribution in [3.63, 3.8) is 0 Å². The molecular formula is C14H29NO3. The van der Waals surface area contributed by atoms with E-state index < -0.39 is 5.60 Å². The standard InChI is InChI=1S/C14H29NO3/c1-4-14(17,5-2)12-15-11-9-7-8-10-13(16)18-6-3/h15,17H,4-12H2,1-3H3. The maximum atomic E-state index is 11.1. The molecule has 0 bridgehead atoms. The van der Waals surface area contributed by atoms with Crippen LogP contribution >= 0.6 is 0 Å². The van der Waals surface area contributed by atoms with Gasteiger partial charge < -0.3 is 15.2 Å². The Morgan fingerprint density at radius 3 is 2.39 bits per heavy atom. The number of carbonyl (C=O) groups is 1. The van der Waals surface area contributed by atoms with E-state index in [0.717, 1.165) is 38.6 Å². The molecule has 0 aromatic carbocycles. The molecule has 18 heavy (non-hydrogen) atoms. The quantitative estimate of drug-likeness (QED) is 0.441. The lowest BCUT2D eigenvalue weighted by molar-refractivity contribution is -0.143. The van der Waals surface area contributed by atoms with Crippen LogP contribution in [0.5, 0.6) is 0 Å². The van der Waals surface area contributed by atoms with Crippen molar-refractivity contribution < 1.29 is 14.6 Å². The first-order valence-electron chi connectivity index (χ1n) is 7.16. The summed E-state index contributed by atoms with van der Waals surface area (Å²) < 4.78 is 4.86. The van der Waals surface area contributed by atoms with Crippen LogP contribution in [0.1, 0.15) is 59.3 Å². The molecule has 0 rings (SSSR count). The third kappa shape index (κ3) is 8.48. The summed E-state index contributed by atoms with van der Waals surface area (Å²) in [5.74, 6) is -0.100. The first kappa shape index (κ1) is 17.4. The first-order valence-corrected chi connectivity index (χ1v) is 7.16. The van der Waals surface area contributed by atoms with Crippen molar-refractivity contribution >= 4 is 5.97 Å². The Morgan fingerprint density at radius 1 is 1.17 bits per heavy atom. The van der Waals surface area contributed by atoms with E-state index in [9.17, 15) is 9.90 Å². The van der Waals surface area contributed by atoms with Gasteiger partial charge in [0.05, 0.1) is 12.2 Å². The number of aliphatic hydroxyl groups is 1. The van der Waals surface area contributed by atoms with E-state index in [1.165, 1.54) is 0 Å². The second-order valence-electron chi connectivity index (χ2n) is 4.72. The monoisotopic (exact) mass is 259 g/mol. The Kier molecular flexibility index (Phi) is 9.98. The summed E-state index contributed by atoms with van der Waals surface area (Å²) in [4.78, 5) is 11.1. The molecule has 0 aromatic heterocycles. The lowest BCUT2D eigenvalue weighted by Crippen LogP contribution is -2.39. The average Bonchev–Trinajstić information content (AvgIpc) is 2.37. The fourth-order valence-electron chi connectivity index (χ4n) is 1.75. The summed E-state index contributed by atoms with van der Waals surface area (Å²) in [5.41, 5.74) is -0.565. The largest absolute Gasteiger partial charge is 0.466 e. The van der Waals surface area contributed by atoms with Gasteiger partial charge in [-0.3, -0.25) is 4.79 Å². The summed E-state index contributed by atoms with van der Waals surface area (Å²) in [7, 11) is 0. The van der Waals surface area contributed by atoms with Gasteiger partial charge in [-0.2, -0.15) is 0 Å². The van der Waals surface area contributed by atoms with Crippen molar-refractivity contribution in [3.8, 4) is 0 Å². The molecule has 0 saturated heterocycles. The zero-order chi connectivity index (χ0) is 13.9. The lowest BCUT2D eigenvalue weighted by atomic mass is 9.97. The molecule has 0 atom stereocenters. The minimum absolute atomic E-state index is 0.100. The molecule has 0 fully saturated rings. The van der Waals surface area contributed by atoms with Crippen molar-refractivity contribution in [1.29, 1.82) is 0 Å². The molecule has 108 valence electrons.